The molecule has 0 N–H and O–H groups in total. The third-order valence-electron chi connectivity index (χ3n) is 2.49. The van der Waals surface area contributed by atoms with Crippen molar-refractivity contribution in [3.63, 3.8) is 0 Å². The second-order valence-corrected chi connectivity index (χ2v) is 4.45. The number of benzene rings is 1. The van der Waals surface area contributed by atoms with E-state index in [1.54, 1.807) is 11.3 Å². The van der Waals surface area contributed by atoms with Gasteiger partial charge in [-0.2, -0.15) is 0 Å². The van der Waals surface area contributed by atoms with Gasteiger partial charge < -0.3 is 9.47 Å². The number of hydrogen-bond acceptors (Lipinski definition) is 3. The van der Waals surface area contributed by atoms with Gasteiger partial charge in [-0.1, -0.05) is 0 Å². The Bertz CT molecular complexity index is 488. The molecule has 2 aromatic rings. The Morgan fingerprint density at radius 1 is 1.19 bits per heavy atom. The fourth-order valence-corrected chi connectivity index (χ4v) is 2.71. The van der Waals surface area contributed by atoms with E-state index in [0.717, 1.165) is 17.1 Å². The summed E-state index contributed by atoms with van der Waals surface area (Å²) >= 11 is 1.71. The van der Waals surface area contributed by atoms with Crippen LogP contribution in [0.2, 0.25) is 0 Å². The van der Waals surface area contributed by atoms with Crippen LogP contribution in [0.5, 0.6) is 11.5 Å². The van der Waals surface area contributed by atoms with E-state index in [4.69, 9.17) is 9.47 Å². The maximum Gasteiger partial charge on any atom is 0.143 e. The molecule has 0 unspecified atom stereocenters. The highest BCUT2D eigenvalue weighted by molar-refractivity contribution is 7.17. The first-order valence-electron chi connectivity index (χ1n) is 5.54. The second kappa shape index (κ2) is 4.74. The summed E-state index contributed by atoms with van der Waals surface area (Å²) in [6.45, 7) is 7.42. The van der Waals surface area contributed by atoms with E-state index in [1.165, 1.54) is 10.1 Å². The molecule has 0 bridgehead atoms. The van der Waals surface area contributed by atoms with Gasteiger partial charge in [-0.05, 0) is 43.7 Å². The lowest BCUT2D eigenvalue weighted by Gasteiger charge is -2.13. The molecule has 0 aliphatic heterocycles. The first-order chi connectivity index (χ1) is 7.77. The Hall–Kier alpha value is -1.22. The molecule has 0 fully saturated rings. The van der Waals surface area contributed by atoms with E-state index in [9.17, 15) is 0 Å². The lowest BCUT2D eigenvalue weighted by atomic mass is 10.1. The van der Waals surface area contributed by atoms with E-state index >= 15 is 0 Å². The van der Waals surface area contributed by atoms with Crippen LogP contribution in [0, 0.1) is 6.92 Å². The highest BCUT2D eigenvalue weighted by atomic mass is 32.1. The predicted octanol–water partition coefficient (Wildman–Crippen LogP) is 4.01. The fourth-order valence-electron chi connectivity index (χ4n) is 1.77. The van der Waals surface area contributed by atoms with Crippen LogP contribution >= 0.6 is 11.3 Å². The normalized spacial score (nSPS) is 10.7. The van der Waals surface area contributed by atoms with Crippen molar-refractivity contribution in [3.8, 4) is 11.5 Å². The first-order valence-corrected chi connectivity index (χ1v) is 6.42. The Morgan fingerprint density at radius 2 is 1.94 bits per heavy atom. The van der Waals surface area contributed by atoms with Crippen molar-refractivity contribution in [2.24, 2.45) is 0 Å². The molecule has 0 aliphatic rings. The SMILES string of the molecule is CCOc1cc2ccsc2c(OCC)c1C. The van der Waals surface area contributed by atoms with Crippen LogP contribution < -0.4 is 9.47 Å². The number of ether oxygens (including phenoxy) is 2. The monoisotopic (exact) mass is 236 g/mol. The van der Waals surface area contributed by atoms with Gasteiger partial charge >= 0.3 is 0 Å². The van der Waals surface area contributed by atoms with Gasteiger partial charge in [-0.3, -0.25) is 0 Å². The van der Waals surface area contributed by atoms with Gasteiger partial charge in [0.15, 0.2) is 0 Å². The minimum Gasteiger partial charge on any atom is -0.493 e. The van der Waals surface area contributed by atoms with Gasteiger partial charge in [-0.25, -0.2) is 0 Å². The summed E-state index contributed by atoms with van der Waals surface area (Å²) in [5.74, 6) is 1.90. The molecule has 3 heteroatoms. The summed E-state index contributed by atoms with van der Waals surface area (Å²) in [7, 11) is 0. The van der Waals surface area contributed by atoms with Crippen molar-refractivity contribution in [1.82, 2.24) is 0 Å². The van der Waals surface area contributed by atoms with Gasteiger partial charge in [0.1, 0.15) is 11.5 Å². The van der Waals surface area contributed by atoms with Gasteiger partial charge in [0.25, 0.3) is 0 Å². The van der Waals surface area contributed by atoms with Gasteiger partial charge in [0.05, 0.1) is 17.9 Å². The van der Waals surface area contributed by atoms with Crippen molar-refractivity contribution in [3.05, 3.63) is 23.1 Å². The van der Waals surface area contributed by atoms with Crippen molar-refractivity contribution in [2.75, 3.05) is 13.2 Å². The Balaban J connectivity index is 2.61. The Labute approximate surface area is 99.8 Å². The molecule has 1 aromatic carbocycles. The molecule has 0 radical (unpaired) electrons. The summed E-state index contributed by atoms with van der Waals surface area (Å²) in [6, 6.07) is 4.19. The van der Waals surface area contributed by atoms with E-state index in [-0.39, 0.29) is 0 Å². The largest absolute Gasteiger partial charge is 0.493 e. The molecule has 0 saturated carbocycles. The zero-order chi connectivity index (χ0) is 11.5. The van der Waals surface area contributed by atoms with Crippen LogP contribution in [0.4, 0.5) is 0 Å². The topological polar surface area (TPSA) is 18.5 Å². The molecule has 1 heterocycles. The van der Waals surface area contributed by atoms with Crippen LogP contribution in [0.25, 0.3) is 10.1 Å². The van der Waals surface area contributed by atoms with Gasteiger partial charge in [0.2, 0.25) is 0 Å². The van der Waals surface area contributed by atoms with Gasteiger partial charge in [0, 0.05) is 5.56 Å². The maximum atomic E-state index is 5.73. The van der Waals surface area contributed by atoms with E-state index in [1.807, 2.05) is 13.8 Å². The van der Waals surface area contributed by atoms with Crippen LogP contribution in [0.15, 0.2) is 17.5 Å². The molecular formula is C13H16O2S. The highest BCUT2D eigenvalue weighted by Gasteiger charge is 2.12. The molecule has 16 heavy (non-hydrogen) atoms. The van der Waals surface area contributed by atoms with Crippen molar-refractivity contribution >= 4 is 21.4 Å². The number of hydrogen-bond donors (Lipinski definition) is 0. The van der Waals surface area contributed by atoms with Crippen LogP contribution in [-0.2, 0) is 0 Å². The minimum absolute atomic E-state index is 0.683. The molecule has 0 saturated heterocycles. The summed E-state index contributed by atoms with van der Waals surface area (Å²) in [5, 5.41) is 3.28. The van der Waals surface area contributed by atoms with Crippen molar-refractivity contribution in [1.29, 1.82) is 0 Å². The molecule has 2 nitrogen and oxygen atoms in total. The Kier molecular flexibility index (Phi) is 3.34. The van der Waals surface area contributed by atoms with Crippen LogP contribution in [-0.4, -0.2) is 13.2 Å². The standard InChI is InChI=1S/C13H16O2S/c1-4-14-11-8-10-6-7-16-13(10)12(9(11)3)15-5-2/h6-8H,4-5H2,1-3H3. The second-order valence-electron chi connectivity index (χ2n) is 3.53. The number of thiophene rings is 1. The zero-order valence-corrected chi connectivity index (χ0v) is 10.7. The number of rotatable bonds is 4. The summed E-state index contributed by atoms with van der Waals surface area (Å²) < 4.78 is 12.6. The van der Waals surface area contributed by atoms with E-state index in [2.05, 4.69) is 24.4 Å². The molecule has 0 spiro atoms. The first kappa shape index (κ1) is 11.3. The fraction of sp³-hybridized carbons (Fsp3) is 0.385. The summed E-state index contributed by atoms with van der Waals surface area (Å²) in [5.41, 5.74) is 1.10. The molecule has 0 amide bonds. The van der Waals surface area contributed by atoms with E-state index in [0.29, 0.717) is 13.2 Å². The molecule has 86 valence electrons. The average Bonchev–Trinajstić information content (AvgIpc) is 2.72. The summed E-state index contributed by atoms with van der Waals surface area (Å²) in [6.07, 6.45) is 0. The van der Waals surface area contributed by atoms with Crippen molar-refractivity contribution < 1.29 is 9.47 Å². The molecule has 1 aromatic heterocycles. The smallest absolute Gasteiger partial charge is 0.143 e. The molecule has 0 atom stereocenters. The lowest BCUT2D eigenvalue weighted by molar-refractivity contribution is 0.322. The minimum atomic E-state index is 0.683. The van der Waals surface area contributed by atoms with Crippen LogP contribution in [0.3, 0.4) is 0 Å². The van der Waals surface area contributed by atoms with Gasteiger partial charge in [-0.15, -0.1) is 11.3 Å². The number of fused-ring (bicyclic) bond motifs is 1. The third kappa shape index (κ3) is 1.87. The zero-order valence-electron chi connectivity index (χ0n) is 9.87. The molecule has 0 aliphatic carbocycles. The third-order valence-corrected chi connectivity index (χ3v) is 3.42. The predicted molar refractivity (Wildman–Crippen MR) is 68.9 cm³/mol. The van der Waals surface area contributed by atoms with Crippen LogP contribution in [0.1, 0.15) is 19.4 Å². The van der Waals surface area contributed by atoms with Crippen molar-refractivity contribution in [2.45, 2.75) is 20.8 Å². The van der Waals surface area contributed by atoms with E-state index < -0.39 is 0 Å². The quantitative estimate of drug-likeness (QED) is 0.798. The highest BCUT2D eigenvalue weighted by Crippen LogP contribution is 2.39. The maximum absolute atomic E-state index is 5.73. The lowest BCUT2D eigenvalue weighted by Crippen LogP contribution is -1.98. The average molecular weight is 236 g/mol. The molecule has 2 rings (SSSR count). The molecular weight excluding hydrogens is 220 g/mol. The Morgan fingerprint density at radius 3 is 2.62 bits per heavy atom. The summed E-state index contributed by atoms with van der Waals surface area (Å²) in [4.78, 5) is 0.